The molecule has 2 aromatic heterocycles. The third-order valence-corrected chi connectivity index (χ3v) is 6.40. The third kappa shape index (κ3) is 6.98. The first-order chi connectivity index (χ1) is 18.9. The number of pyridine rings is 1. The lowest BCUT2D eigenvalue weighted by Crippen LogP contribution is -2.49. The van der Waals surface area contributed by atoms with Crippen molar-refractivity contribution in [3.05, 3.63) is 60.0 Å². The number of carbonyl (C=O) groups is 5. The number of Topliss-reactive ketones (excluding diaryl/α,β-unsaturated/α-hetero) is 1. The molecule has 0 unspecified atom stereocenters. The Hall–Kier alpha value is -4.74. The number of esters is 1. The highest BCUT2D eigenvalue weighted by atomic mass is 16.5. The molecule has 1 saturated heterocycles. The number of hydrogen-bond acceptors (Lipinski definition) is 8. The number of ether oxygens (including phenoxy) is 2. The van der Waals surface area contributed by atoms with Crippen molar-refractivity contribution >= 4 is 40.4 Å². The van der Waals surface area contributed by atoms with Gasteiger partial charge in [-0.1, -0.05) is 6.07 Å². The van der Waals surface area contributed by atoms with Crippen LogP contribution in [0.15, 0.2) is 48.8 Å². The number of aromatic amines is 1. The molecule has 39 heavy (non-hydrogen) atoms. The maximum atomic E-state index is 13.0. The summed E-state index contributed by atoms with van der Waals surface area (Å²) >= 11 is 0. The number of nitrogens with one attached hydrogen (secondary N) is 4. The second kappa shape index (κ2) is 12.7. The van der Waals surface area contributed by atoms with Crippen molar-refractivity contribution < 1.29 is 33.4 Å². The summed E-state index contributed by atoms with van der Waals surface area (Å²) in [6.45, 7) is -0.456. The minimum atomic E-state index is -1.09. The molecule has 12 nitrogen and oxygen atoms in total. The number of aromatic nitrogens is 2. The van der Waals surface area contributed by atoms with Crippen LogP contribution in [-0.2, 0) is 19.1 Å². The molecule has 0 aliphatic carbocycles. The molecule has 2 atom stereocenters. The van der Waals surface area contributed by atoms with Gasteiger partial charge in [-0.2, -0.15) is 0 Å². The van der Waals surface area contributed by atoms with Crippen LogP contribution < -0.4 is 20.7 Å². The van der Waals surface area contributed by atoms with Crippen LogP contribution in [-0.4, -0.2) is 72.3 Å². The van der Waals surface area contributed by atoms with E-state index in [0.717, 1.165) is 6.42 Å². The molecule has 0 bridgehead atoms. The van der Waals surface area contributed by atoms with Gasteiger partial charge in [0, 0.05) is 35.8 Å². The molecule has 0 saturated carbocycles. The van der Waals surface area contributed by atoms with E-state index in [0.29, 0.717) is 29.6 Å². The maximum absolute atomic E-state index is 13.0. The van der Waals surface area contributed by atoms with Gasteiger partial charge in [0.25, 0.3) is 5.91 Å². The van der Waals surface area contributed by atoms with Crippen molar-refractivity contribution in [1.29, 1.82) is 0 Å². The van der Waals surface area contributed by atoms with Gasteiger partial charge in [0.1, 0.15) is 11.4 Å². The van der Waals surface area contributed by atoms with Crippen LogP contribution in [0.3, 0.4) is 0 Å². The summed E-state index contributed by atoms with van der Waals surface area (Å²) in [6, 6.07) is 8.77. The summed E-state index contributed by atoms with van der Waals surface area (Å²) in [5.74, 6) is -2.54. The molecule has 3 heterocycles. The largest absolute Gasteiger partial charge is 0.496 e. The predicted octanol–water partition coefficient (Wildman–Crippen LogP) is 1.13. The van der Waals surface area contributed by atoms with Gasteiger partial charge in [-0.3, -0.25) is 24.2 Å². The second-order valence-electron chi connectivity index (χ2n) is 9.05. The Labute approximate surface area is 223 Å². The number of methoxy groups -OCH3 is 1. The van der Waals surface area contributed by atoms with Gasteiger partial charge in [0.05, 0.1) is 25.3 Å². The van der Waals surface area contributed by atoms with E-state index in [-0.39, 0.29) is 23.6 Å². The summed E-state index contributed by atoms with van der Waals surface area (Å²) in [5.41, 5.74) is 1.15. The molecule has 1 aromatic carbocycles. The van der Waals surface area contributed by atoms with Crippen LogP contribution >= 0.6 is 0 Å². The van der Waals surface area contributed by atoms with E-state index in [9.17, 15) is 24.0 Å². The van der Waals surface area contributed by atoms with Gasteiger partial charge < -0.3 is 30.4 Å². The Bertz CT molecular complexity index is 1370. The first kappa shape index (κ1) is 27.3. The number of fused-ring (bicyclic) bond motifs is 1. The Balaban J connectivity index is 1.37. The molecule has 0 radical (unpaired) electrons. The molecule has 4 rings (SSSR count). The Morgan fingerprint density at radius 2 is 1.95 bits per heavy atom. The van der Waals surface area contributed by atoms with Crippen LogP contribution in [0.4, 0.5) is 0 Å². The smallest absolute Gasteiger partial charge is 0.338 e. The molecule has 3 amide bonds. The SMILES string of the molecule is COc1cccc2[nH]c(C(=O)NCC(=O)N[C@@H](C[C@@H]3CCCNC3=O)C(=O)COC(=O)c3ccncc3)cc12. The van der Waals surface area contributed by atoms with E-state index in [1.807, 2.05) is 0 Å². The molecular weight excluding hydrogens is 506 g/mol. The quantitative estimate of drug-likeness (QED) is 0.265. The minimum absolute atomic E-state index is 0.0406. The molecule has 1 aliphatic rings. The number of ketones is 1. The zero-order chi connectivity index (χ0) is 27.8. The Kier molecular flexibility index (Phi) is 8.87. The number of nitrogens with zero attached hydrogens (tertiary/aromatic N) is 1. The lowest BCUT2D eigenvalue weighted by atomic mass is 9.90. The zero-order valence-electron chi connectivity index (χ0n) is 21.3. The molecule has 1 fully saturated rings. The lowest BCUT2D eigenvalue weighted by Gasteiger charge is -2.26. The molecule has 204 valence electrons. The molecule has 0 spiro atoms. The van der Waals surface area contributed by atoms with Crippen molar-refractivity contribution in [2.24, 2.45) is 5.92 Å². The van der Waals surface area contributed by atoms with Gasteiger partial charge in [0.15, 0.2) is 12.4 Å². The summed E-state index contributed by atoms with van der Waals surface area (Å²) in [4.78, 5) is 69.7. The van der Waals surface area contributed by atoms with E-state index < -0.39 is 48.7 Å². The molecular formula is C27H29N5O7. The van der Waals surface area contributed by atoms with Gasteiger partial charge >= 0.3 is 5.97 Å². The van der Waals surface area contributed by atoms with Crippen molar-refractivity contribution in [3.63, 3.8) is 0 Å². The van der Waals surface area contributed by atoms with Crippen molar-refractivity contribution in [2.75, 3.05) is 26.8 Å². The fraction of sp³-hybridized carbons (Fsp3) is 0.333. The first-order valence-electron chi connectivity index (χ1n) is 12.5. The number of H-pyrrole nitrogens is 1. The highest BCUT2D eigenvalue weighted by Gasteiger charge is 2.30. The zero-order valence-corrected chi connectivity index (χ0v) is 21.3. The fourth-order valence-electron chi connectivity index (χ4n) is 4.35. The number of amides is 3. The van der Waals surface area contributed by atoms with Gasteiger partial charge in [-0.05, 0) is 49.6 Å². The number of hydrogen-bond donors (Lipinski definition) is 4. The average Bonchev–Trinajstić information content (AvgIpc) is 3.40. The van der Waals surface area contributed by atoms with Crippen LogP contribution in [0.25, 0.3) is 10.9 Å². The standard InChI is InChI=1S/C27H29N5O7/c1-38-23-6-2-5-19-18(23)13-21(31-19)26(36)30-14-24(34)32-20(12-17-4-3-9-29-25(17)35)22(33)15-39-27(37)16-7-10-28-11-8-16/h2,5-8,10-11,13,17,20,31H,3-4,9,12,14-15H2,1H3,(H,29,35)(H,30,36)(H,32,34)/t17-,20-/m0/s1. The van der Waals surface area contributed by atoms with E-state index in [2.05, 4.69) is 25.9 Å². The van der Waals surface area contributed by atoms with E-state index in [4.69, 9.17) is 9.47 Å². The van der Waals surface area contributed by atoms with Gasteiger partial charge in [0.2, 0.25) is 11.8 Å². The topological polar surface area (TPSA) is 169 Å². The maximum Gasteiger partial charge on any atom is 0.338 e. The molecule has 3 aromatic rings. The van der Waals surface area contributed by atoms with E-state index in [1.54, 1.807) is 24.3 Å². The predicted molar refractivity (Wildman–Crippen MR) is 139 cm³/mol. The van der Waals surface area contributed by atoms with Crippen LogP contribution in [0.5, 0.6) is 5.75 Å². The molecule has 1 aliphatic heterocycles. The molecule has 12 heteroatoms. The minimum Gasteiger partial charge on any atom is -0.496 e. The first-order valence-corrected chi connectivity index (χ1v) is 12.5. The highest BCUT2D eigenvalue weighted by Crippen LogP contribution is 2.26. The Morgan fingerprint density at radius 3 is 2.69 bits per heavy atom. The number of rotatable bonds is 11. The van der Waals surface area contributed by atoms with Crippen LogP contribution in [0, 0.1) is 5.92 Å². The number of piperidine rings is 1. The van der Waals surface area contributed by atoms with E-state index in [1.165, 1.54) is 31.6 Å². The average molecular weight is 536 g/mol. The van der Waals surface area contributed by atoms with Crippen molar-refractivity contribution in [1.82, 2.24) is 25.9 Å². The fourth-order valence-corrected chi connectivity index (χ4v) is 4.35. The monoisotopic (exact) mass is 535 g/mol. The van der Waals surface area contributed by atoms with E-state index >= 15 is 0 Å². The normalized spacial score (nSPS) is 15.6. The Morgan fingerprint density at radius 1 is 1.15 bits per heavy atom. The van der Waals surface area contributed by atoms with Crippen molar-refractivity contribution in [3.8, 4) is 5.75 Å². The van der Waals surface area contributed by atoms with Crippen molar-refractivity contribution in [2.45, 2.75) is 25.3 Å². The molecule has 4 N–H and O–H groups in total. The highest BCUT2D eigenvalue weighted by molar-refractivity contribution is 6.01. The summed E-state index contributed by atoms with van der Waals surface area (Å²) < 4.78 is 10.4. The summed E-state index contributed by atoms with van der Waals surface area (Å²) in [5, 5.41) is 8.58. The van der Waals surface area contributed by atoms with Gasteiger partial charge in [-0.15, -0.1) is 0 Å². The lowest BCUT2D eigenvalue weighted by molar-refractivity contribution is -0.132. The third-order valence-electron chi connectivity index (χ3n) is 6.40. The van der Waals surface area contributed by atoms with Crippen LogP contribution in [0.2, 0.25) is 0 Å². The number of benzene rings is 1. The van der Waals surface area contributed by atoms with Crippen LogP contribution in [0.1, 0.15) is 40.1 Å². The number of carbonyl (C=O) groups excluding carboxylic acids is 5. The second-order valence-corrected chi connectivity index (χ2v) is 9.05. The summed E-state index contributed by atoms with van der Waals surface area (Å²) in [6.07, 6.45) is 4.18. The summed E-state index contributed by atoms with van der Waals surface area (Å²) in [7, 11) is 1.53. The van der Waals surface area contributed by atoms with Gasteiger partial charge in [-0.25, -0.2) is 4.79 Å².